The van der Waals surface area contributed by atoms with Gasteiger partial charge in [0.1, 0.15) is 6.10 Å². The van der Waals surface area contributed by atoms with Crippen LogP contribution in [0.5, 0.6) is 5.88 Å². The summed E-state index contributed by atoms with van der Waals surface area (Å²) in [6, 6.07) is 14.2. The van der Waals surface area contributed by atoms with Crippen molar-refractivity contribution >= 4 is 11.8 Å². The van der Waals surface area contributed by atoms with Crippen LogP contribution in [0.3, 0.4) is 0 Å². The fourth-order valence-corrected chi connectivity index (χ4v) is 3.26. The van der Waals surface area contributed by atoms with Gasteiger partial charge in [-0.25, -0.2) is 4.68 Å². The van der Waals surface area contributed by atoms with Crippen molar-refractivity contribution < 1.29 is 14.3 Å². The van der Waals surface area contributed by atoms with E-state index in [0.717, 1.165) is 0 Å². The first kappa shape index (κ1) is 19.6. The molecule has 1 fully saturated rings. The van der Waals surface area contributed by atoms with E-state index in [2.05, 4.69) is 20.6 Å². The van der Waals surface area contributed by atoms with Crippen molar-refractivity contribution in [2.45, 2.75) is 18.9 Å². The highest BCUT2D eigenvalue weighted by molar-refractivity contribution is 5.96. The summed E-state index contributed by atoms with van der Waals surface area (Å²) in [4.78, 5) is 26.2. The van der Waals surface area contributed by atoms with E-state index >= 15 is 0 Å². The van der Waals surface area contributed by atoms with Crippen LogP contribution in [0.1, 0.15) is 23.2 Å². The molecule has 1 aliphatic rings. The molecule has 4 rings (SSSR count). The van der Waals surface area contributed by atoms with Crippen LogP contribution in [-0.4, -0.2) is 62.4 Å². The molecule has 0 bridgehead atoms. The summed E-state index contributed by atoms with van der Waals surface area (Å²) in [5, 5.41) is 15.0. The highest BCUT2D eigenvalue weighted by Gasteiger charge is 2.24. The molecule has 1 aromatic carbocycles. The van der Waals surface area contributed by atoms with E-state index in [9.17, 15) is 9.59 Å². The van der Waals surface area contributed by atoms with Crippen LogP contribution in [0.15, 0.2) is 60.9 Å². The number of amides is 2. The number of carbonyl (C=O) groups excluding carboxylic acids is 2. The SMILES string of the molecule is O=C(NCC(=O)N1CCC(Oc2ccc(-n3cccn3)nn2)CC1)c1ccccc1. The summed E-state index contributed by atoms with van der Waals surface area (Å²) in [7, 11) is 0. The lowest BCUT2D eigenvalue weighted by Crippen LogP contribution is -2.46. The lowest BCUT2D eigenvalue weighted by atomic mass is 10.1. The minimum atomic E-state index is -0.251. The van der Waals surface area contributed by atoms with Gasteiger partial charge in [-0.05, 0) is 24.3 Å². The number of benzene rings is 1. The molecule has 1 aliphatic heterocycles. The second kappa shape index (κ2) is 9.17. The topological polar surface area (TPSA) is 102 Å². The van der Waals surface area contributed by atoms with Crippen molar-refractivity contribution in [2.75, 3.05) is 19.6 Å². The molecule has 0 radical (unpaired) electrons. The maximum Gasteiger partial charge on any atom is 0.251 e. The fraction of sp³-hybridized carbons (Fsp3) is 0.286. The normalized spacial score (nSPS) is 14.3. The summed E-state index contributed by atoms with van der Waals surface area (Å²) in [5.74, 6) is 0.719. The minimum absolute atomic E-state index is 0.0143. The number of carbonyl (C=O) groups is 2. The number of aromatic nitrogens is 4. The zero-order valence-corrected chi connectivity index (χ0v) is 16.3. The minimum Gasteiger partial charge on any atom is -0.473 e. The lowest BCUT2D eigenvalue weighted by molar-refractivity contribution is -0.131. The molecule has 0 atom stereocenters. The Morgan fingerprint density at radius 1 is 1.03 bits per heavy atom. The Morgan fingerprint density at radius 2 is 1.83 bits per heavy atom. The Bertz CT molecular complexity index is 968. The number of nitrogens with zero attached hydrogens (tertiary/aromatic N) is 5. The molecular weight excluding hydrogens is 384 g/mol. The quantitative estimate of drug-likeness (QED) is 0.665. The van der Waals surface area contributed by atoms with E-state index in [0.29, 0.717) is 43.2 Å². The molecule has 2 aromatic heterocycles. The number of rotatable bonds is 6. The predicted molar refractivity (Wildman–Crippen MR) is 108 cm³/mol. The summed E-state index contributed by atoms with van der Waals surface area (Å²) in [6.07, 6.45) is 4.83. The third-order valence-electron chi connectivity index (χ3n) is 4.88. The van der Waals surface area contributed by atoms with Crippen LogP contribution < -0.4 is 10.1 Å². The Labute approximate surface area is 173 Å². The molecule has 0 saturated carbocycles. The standard InChI is InChI=1S/C21H22N6O3/c28-20(15-22-21(29)16-5-2-1-3-6-16)26-13-9-17(10-14-26)30-19-8-7-18(24-25-19)27-12-4-11-23-27/h1-8,11-12,17H,9-10,13-15H2,(H,22,29). The average Bonchev–Trinajstić information content (AvgIpc) is 3.34. The highest BCUT2D eigenvalue weighted by atomic mass is 16.5. The first-order valence-electron chi connectivity index (χ1n) is 9.80. The van der Waals surface area contributed by atoms with Crippen LogP contribution in [-0.2, 0) is 4.79 Å². The Hall–Kier alpha value is -3.75. The van der Waals surface area contributed by atoms with Gasteiger partial charge in [-0.1, -0.05) is 18.2 Å². The van der Waals surface area contributed by atoms with Crippen LogP contribution in [0.4, 0.5) is 0 Å². The molecule has 9 nitrogen and oxygen atoms in total. The van der Waals surface area contributed by atoms with Crippen LogP contribution in [0.2, 0.25) is 0 Å². The molecule has 1 N–H and O–H groups in total. The van der Waals surface area contributed by atoms with Gasteiger partial charge in [0.05, 0.1) is 6.54 Å². The third-order valence-corrected chi connectivity index (χ3v) is 4.88. The van der Waals surface area contributed by atoms with Crippen molar-refractivity contribution in [3.05, 3.63) is 66.5 Å². The lowest BCUT2D eigenvalue weighted by Gasteiger charge is -2.31. The molecular formula is C21H22N6O3. The predicted octanol–water partition coefficient (Wildman–Crippen LogP) is 1.46. The number of ether oxygens (including phenoxy) is 1. The Balaban J connectivity index is 1.22. The van der Waals surface area contributed by atoms with Crippen molar-refractivity contribution in [3.63, 3.8) is 0 Å². The molecule has 0 unspecified atom stereocenters. The maximum absolute atomic E-state index is 12.4. The van der Waals surface area contributed by atoms with Gasteiger partial charge >= 0.3 is 0 Å². The van der Waals surface area contributed by atoms with E-state index in [1.165, 1.54) is 0 Å². The summed E-state index contributed by atoms with van der Waals surface area (Å²) < 4.78 is 7.52. The second-order valence-electron chi connectivity index (χ2n) is 6.93. The molecule has 3 aromatic rings. The zero-order valence-electron chi connectivity index (χ0n) is 16.3. The van der Waals surface area contributed by atoms with E-state index in [4.69, 9.17) is 4.74 Å². The number of hydrogen-bond donors (Lipinski definition) is 1. The van der Waals surface area contributed by atoms with Gasteiger partial charge < -0.3 is 15.0 Å². The van der Waals surface area contributed by atoms with Crippen molar-refractivity contribution in [2.24, 2.45) is 0 Å². The van der Waals surface area contributed by atoms with Crippen LogP contribution in [0.25, 0.3) is 5.82 Å². The highest BCUT2D eigenvalue weighted by Crippen LogP contribution is 2.17. The van der Waals surface area contributed by atoms with Crippen LogP contribution in [0, 0.1) is 0 Å². The summed E-state index contributed by atoms with van der Waals surface area (Å²) in [6.45, 7) is 1.13. The second-order valence-corrected chi connectivity index (χ2v) is 6.93. The number of nitrogens with one attached hydrogen (secondary N) is 1. The largest absolute Gasteiger partial charge is 0.473 e. The van der Waals surface area contributed by atoms with Gasteiger partial charge in [0, 0.05) is 50.0 Å². The van der Waals surface area contributed by atoms with Gasteiger partial charge in [-0.15, -0.1) is 10.2 Å². The van der Waals surface area contributed by atoms with Crippen molar-refractivity contribution in [1.29, 1.82) is 0 Å². The Morgan fingerprint density at radius 3 is 2.50 bits per heavy atom. The molecule has 1 saturated heterocycles. The molecule has 9 heteroatoms. The average molecular weight is 406 g/mol. The molecule has 2 amide bonds. The first-order chi connectivity index (χ1) is 14.7. The van der Waals surface area contributed by atoms with Gasteiger partial charge in [0.25, 0.3) is 5.91 Å². The monoisotopic (exact) mass is 406 g/mol. The third kappa shape index (κ3) is 4.80. The van der Waals surface area contributed by atoms with Crippen LogP contribution >= 0.6 is 0 Å². The molecule has 154 valence electrons. The van der Waals surface area contributed by atoms with Crippen molar-refractivity contribution in [1.82, 2.24) is 30.2 Å². The smallest absolute Gasteiger partial charge is 0.251 e. The number of hydrogen-bond acceptors (Lipinski definition) is 6. The van der Waals surface area contributed by atoms with Gasteiger partial charge in [0.2, 0.25) is 11.8 Å². The maximum atomic E-state index is 12.4. The van der Waals surface area contributed by atoms with Gasteiger partial charge in [-0.2, -0.15) is 5.10 Å². The molecule has 0 spiro atoms. The Kier molecular flexibility index (Phi) is 5.98. The first-order valence-corrected chi connectivity index (χ1v) is 9.80. The van der Waals surface area contributed by atoms with Crippen molar-refractivity contribution in [3.8, 4) is 11.7 Å². The van der Waals surface area contributed by atoms with E-state index < -0.39 is 0 Å². The van der Waals surface area contributed by atoms with Gasteiger partial charge in [-0.3, -0.25) is 9.59 Å². The molecule has 3 heterocycles. The van der Waals surface area contributed by atoms with E-state index in [-0.39, 0.29) is 24.5 Å². The van der Waals surface area contributed by atoms with E-state index in [1.54, 1.807) is 58.4 Å². The van der Waals surface area contributed by atoms with E-state index in [1.807, 2.05) is 12.1 Å². The molecule has 0 aliphatic carbocycles. The fourth-order valence-electron chi connectivity index (χ4n) is 3.26. The number of likely N-dealkylation sites (tertiary alicyclic amines) is 1. The van der Waals surface area contributed by atoms with Gasteiger partial charge in [0.15, 0.2) is 5.82 Å². The summed E-state index contributed by atoms with van der Waals surface area (Å²) in [5.41, 5.74) is 0.539. The summed E-state index contributed by atoms with van der Waals surface area (Å²) >= 11 is 0. The zero-order chi connectivity index (χ0) is 20.8. The number of piperidine rings is 1. The molecule has 30 heavy (non-hydrogen) atoms.